The number of hydrogen-bond acceptors (Lipinski definition) is 4. The lowest BCUT2D eigenvalue weighted by molar-refractivity contribution is 0.341. The van der Waals surface area contributed by atoms with Gasteiger partial charge in [0.05, 0.1) is 20.8 Å². The maximum atomic E-state index is 5.55. The molecule has 0 unspecified atom stereocenters. The van der Waals surface area contributed by atoms with E-state index in [4.69, 9.17) is 14.2 Å². The lowest BCUT2D eigenvalue weighted by Crippen LogP contribution is -1.93. The van der Waals surface area contributed by atoms with Gasteiger partial charge in [-0.2, -0.15) is 0 Å². The number of nitrogens with zero attached hydrogens (tertiary/aromatic N) is 1. The van der Waals surface area contributed by atoms with Crippen molar-refractivity contribution < 1.29 is 14.2 Å². The molecule has 21 heavy (non-hydrogen) atoms. The van der Waals surface area contributed by atoms with Gasteiger partial charge < -0.3 is 14.2 Å². The second-order valence-corrected chi connectivity index (χ2v) is 4.27. The summed E-state index contributed by atoms with van der Waals surface area (Å²) < 4.78 is 16.0. The van der Waals surface area contributed by atoms with Crippen LogP contribution < -0.4 is 14.2 Å². The van der Waals surface area contributed by atoms with E-state index in [-0.39, 0.29) is 0 Å². The summed E-state index contributed by atoms with van der Waals surface area (Å²) in [6.07, 6.45) is 1.78. The molecule has 0 saturated heterocycles. The first-order valence-electron chi connectivity index (χ1n) is 6.76. The van der Waals surface area contributed by atoms with Crippen molar-refractivity contribution in [3.05, 3.63) is 48.0 Å². The fourth-order valence-electron chi connectivity index (χ4n) is 1.92. The van der Waals surface area contributed by atoms with Crippen molar-refractivity contribution in [2.24, 2.45) is 4.99 Å². The molecule has 4 nitrogen and oxygen atoms in total. The minimum absolute atomic E-state index is 0.614. The van der Waals surface area contributed by atoms with Crippen LogP contribution in [0.1, 0.15) is 12.5 Å². The maximum Gasteiger partial charge on any atom is 0.161 e. The van der Waals surface area contributed by atoms with E-state index in [0.717, 1.165) is 17.0 Å². The monoisotopic (exact) mass is 285 g/mol. The molecular formula is C17H19NO3. The van der Waals surface area contributed by atoms with Crippen LogP contribution in [0.4, 0.5) is 5.69 Å². The summed E-state index contributed by atoms with van der Waals surface area (Å²) in [5.74, 6) is 2.15. The summed E-state index contributed by atoms with van der Waals surface area (Å²) in [6, 6.07) is 13.4. The summed E-state index contributed by atoms with van der Waals surface area (Å²) >= 11 is 0. The zero-order valence-electron chi connectivity index (χ0n) is 12.5. The van der Waals surface area contributed by atoms with Crippen molar-refractivity contribution in [2.45, 2.75) is 6.92 Å². The number of para-hydroxylation sites is 2. The molecule has 4 heteroatoms. The van der Waals surface area contributed by atoms with Crippen molar-refractivity contribution in [3.8, 4) is 17.2 Å². The van der Waals surface area contributed by atoms with Gasteiger partial charge in [-0.05, 0) is 42.8 Å². The summed E-state index contributed by atoms with van der Waals surface area (Å²) in [6.45, 7) is 2.57. The number of ether oxygens (including phenoxy) is 3. The average Bonchev–Trinajstić information content (AvgIpc) is 2.54. The van der Waals surface area contributed by atoms with Gasteiger partial charge in [0.25, 0.3) is 0 Å². The molecular weight excluding hydrogens is 266 g/mol. The third-order valence-electron chi connectivity index (χ3n) is 2.93. The van der Waals surface area contributed by atoms with Gasteiger partial charge in [-0.3, -0.25) is 4.99 Å². The number of rotatable bonds is 6. The predicted molar refractivity (Wildman–Crippen MR) is 84.4 cm³/mol. The van der Waals surface area contributed by atoms with E-state index in [1.165, 1.54) is 0 Å². The van der Waals surface area contributed by atoms with Crippen molar-refractivity contribution in [2.75, 3.05) is 20.8 Å². The van der Waals surface area contributed by atoms with Crippen molar-refractivity contribution in [1.82, 2.24) is 0 Å². The van der Waals surface area contributed by atoms with Gasteiger partial charge in [0, 0.05) is 6.21 Å². The van der Waals surface area contributed by atoms with E-state index < -0.39 is 0 Å². The third kappa shape index (κ3) is 3.75. The molecule has 0 aromatic heterocycles. The highest BCUT2D eigenvalue weighted by atomic mass is 16.5. The first-order valence-corrected chi connectivity index (χ1v) is 6.76. The molecule has 0 spiro atoms. The minimum Gasteiger partial charge on any atom is -0.493 e. The normalized spacial score (nSPS) is 10.6. The number of benzene rings is 2. The molecule has 0 aliphatic rings. The van der Waals surface area contributed by atoms with Crippen LogP contribution in [0, 0.1) is 0 Å². The van der Waals surface area contributed by atoms with Crippen molar-refractivity contribution in [1.29, 1.82) is 0 Å². The molecule has 0 atom stereocenters. The Bertz CT molecular complexity index is 623. The van der Waals surface area contributed by atoms with Gasteiger partial charge >= 0.3 is 0 Å². The number of methoxy groups -OCH3 is 2. The lowest BCUT2D eigenvalue weighted by Gasteiger charge is -2.08. The zero-order chi connectivity index (χ0) is 15.1. The van der Waals surface area contributed by atoms with E-state index in [0.29, 0.717) is 18.1 Å². The highest BCUT2D eigenvalue weighted by Gasteiger charge is 2.04. The predicted octanol–water partition coefficient (Wildman–Crippen LogP) is 3.85. The Morgan fingerprint density at radius 1 is 0.952 bits per heavy atom. The van der Waals surface area contributed by atoms with E-state index >= 15 is 0 Å². The van der Waals surface area contributed by atoms with Crippen molar-refractivity contribution >= 4 is 11.9 Å². The largest absolute Gasteiger partial charge is 0.493 e. The molecule has 0 aliphatic heterocycles. The Hall–Kier alpha value is -2.49. The summed E-state index contributed by atoms with van der Waals surface area (Å²) in [4.78, 5) is 4.48. The standard InChI is InChI=1S/C17H19NO3/c1-4-21-15-8-6-5-7-14(15)18-12-13-9-10-16(19-2)17(11-13)20-3/h5-12H,4H2,1-3H3. The second-order valence-electron chi connectivity index (χ2n) is 4.27. The van der Waals surface area contributed by atoms with Gasteiger partial charge in [0.2, 0.25) is 0 Å². The van der Waals surface area contributed by atoms with Crippen molar-refractivity contribution in [3.63, 3.8) is 0 Å². The highest BCUT2D eigenvalue weighted by molar-refractivity contribution is 5.83. The fourth-order valence-corrected chi connectivity index (χ4v) is 1.92. The zero-order valence-corrected chi connectivity index (χ0v) is 12.5. The summed E-state index contributed by atoms with van der Waals surface area (Å²) in [5, 5.41) is 0. The Labute approximate surface area is 125 Å². The SMILES string of the molecule is CCOc1ccccc1N=Cc1ccc(OC)c(OC)c1. The van der Waals surface area contributed by atoms with Crippen LogP contribution in [0.15, 0.2) is 47.5 Å². The molecule has 0 fully saturated rings. The topological polar surface area (TPSA) is 40.0 Å². The molecule has 2 rings (SSSR count). The van der Waals surface area contributed by atoms with Gasteiger partial charge in [0.15, 0.2) is 11.5 Å². The van der Waals surface area contributed by atoms with Crippen LogP contribution in [-0.2, 0) is 0 Å². The van der Waals surface area contributed by atoms with Crippen LogP contribution in [-0.4, -0.2) is 27.0 Å². The van der Waals surface area contributed by atoms with E-state index in [1.54, 1.807) is 20.4 Å². The van der Waals surface area contributed by atoms with E-state index in [2.05, 4.69) is 4.99 Å². The number of hydrogen-bond donors (Lipinski definition) is 0. The molecule has 0 radical (unpaired) electrons. The molecule has 110 valence electrons. The molecule has 0 saturated carbocycles. The lowest BCUT2D eigenvalue weighted by atomic mass is 10.2. The molecule has 0 amide bonds. The van der Waals surface area contributed by atoms with Gasteiger partial charge in [0.1, 0.15) is 11.4 Å². The first-order chi connectivity index (χ1) is 10.3. The van der Waals surface area contributed by atoms with Gasteiger partial charge in [-0.25, -0.2) is 0 Å². The van der Waals surface area contributed by atoms with E-state index in [9.17, 15) is 0 Å². The molecule has 2 aromatic carbocycles. The van der Waals surface area contributed by atoms with Gasteiger partial charge in [-0.1, -0.05) is 12.1 Å². The fraction of sp³-hybridized carbons (Fsp3) is 0.235. The number of aliphatic imine (C=N–C) groups is 1. The maximum absolute atomic E-state index is 5.55. The van der Waals surface area contributed by atoms with Crippen LogP contribution in [0.25, 0.3) is 0 Å². The average molecular weight is 285 g/mol. The first kappa shape index (κ1) is 14.9. The molecule has 2 aromatic rings. The summed E-state index contributed by atoms with van der Waals surface area (Å²) in [7, 11) is 3.23. The van der Waals surface area contributed by atoms with Crippen LogP contribution in [0.3, 0.4) is 0 Å². The van der Waals surface area contributed by atoms with Gasteiger partial charge in [-0.15, -0.1) is 0 Å². The minimum atomic E-state index is 0.614. The van der Waals surface area contributed by atoms with E-state index in [1.807, 2.05) is 49.4 Å². The smallest absolute Gasteiger partial charge is 0.161 e. The Kier molecular flexibility index (Phi) is 5.21. The Morgan fingerprint density at radius 2 is 1.71 bits per heavy atom. The molecule has 0 heterocycles. The summed E-state index contributed by atoms with van der Waals surface area (Å²) in [5.41, 5.74) is 1.73. The Balaban J connectivity index is 2.25. The Morgan fingerprint density at radius 3 is 2.43 bits per heavy atom. The molecule has 0 N–H and O–H groups in total. The molecule has 0 bridgehead atoms. The third-order valence-corrected chi connectivity index (χ3v) is 2.93. The second kappa shape index (κ2) is 7.33. The van der Waals surface area contributed by atoms with Crippen LogP contribution in [0.5, 0.6) is 17.2 Å². The molecule has 0 aliphatic carbocycles. The quantitative estimate of drug-likeness (QED) is 0.757. The highest BCUT2D eigenvalue weighted by Crippen LogP contribution is 2.29. The van der Waals surface area contributed by atoms with Crippen LogP contribution >= 0.6 is 0 Å². The van der Waals surface area contributed by atoms with Crippen LogP contribution in [0.2, 0.25) is 0 Å².